The number of hydrogen-bond acceptors (Lipinski definition) is 5. The first kappa shape index (κ1) is 17.7. The van der Waals surface area contributed by atoms with E-state index in [2.05, 4.69) is 15.3 Å². The fourth-order valence-electron chi connectivity index (χ4n) is 3.27. The van der Waals surface area contributed by atoms with E-state index in [0.717, 1.165) is 6.07 Å². The average Bonchev–Trinajstić information content (AvgIpc) is 3.05. The molecule has 0 unspecified atom stereocenters. The maximum absolute atomic E-state index is 14.4. The lowest BCUT2D eigenvalue weighted by Gasteiger charge is -2.32. The Labute approximate surface area is 152 Å². The molecule has 1 saturated heterocycles. The second-order valence-electron chi connectivity index (χ2n) is 6.41. The van der Waals surface area contributed by atoms with E-state index >= 15 is 0 Å². The predicted octanol–water partition coefficient (Wildman–Crippen LogP) is 3.85. The molecule has 0 radical (unpaired) electrons. The molecule has 27 heavy (non-hydrogen) atoms. The SMILES string of the molecule is C[C@H]1CNCCN1c1nc2c(C(F)(F)F)c(F)cc(-c3ccccn3)c2o1. The van der Waals surface area contributed by atoms with Gasteiger partial charge in [0.05, 0.1) is 5.69 Å². The third kappa shape index (κ3) is 3.12. The largest absolute Gasteiger partial charge is 0.423 e. The molecule has 0 aliphatic carbocycles. The van der Waals surface area contributed by atoms with E-state index in [1.807, 2.05) is 6.92 Å². The molecule has 5 nitrogen and oxygen atoms in total. The van der Waals surface area contributed by atoms with Gasteiger partial charge in [-0.25, -0.2) is 4.39 Å². The molecule has 3 heterocycles. The number of nitrogens with one attached hydrogen (secondary N) is 1. The standard InChI is InChI=1S/C18H16F4N4O/c1-10-9-23-6-7-26(10)17-25-15-14(18(20,21)22)12(19)8-11(16(15)27-17)13-4-2-3-5-24-13/h2-5,8,10,23H,6-7,9H2,1H3/t10-/m0/s1. The van der Waals surface area contributed by atoms with Crippen LogP contribution < -0.4 is 10.2 Å². The number of halogens is 4. The molecule has 1 fully saturated rings. The number of hydrogen-bond donors (Lipinski definition) is 1. The van der Waals surface area contributed by atoms with Crippen LogP contribution in [-0.4, -0.2) is 35.6 Å². The minimum absolute atomic E-state index is 0.0238. The van der Waals surface area contributed by atoms with E-state index in [4.69, 9.17) is 4.42 Å². The molecule has 0 spiro atoms. The first-order valence-electron chi connectivity index (χ1n) is 8.45. The van der Waals surface area contributed by atoms with E-state index < -0.39 is 23.1 Å². The van der Waals surface area contributed by atoms with Gasteiger partial charge in [-0.1, -0.05) is 6.07 Å². The van der Waals surface area contributed by atoms with Crippen LogP contribution in [0.5, 0.6) is 0 Å². The van der Waals surface area contributed by atoms with E-state index in [1.165, 1.54) is 6.20 Å². The summed E-state index contributed by atoms with van der Waals surface area (Å²) < 4.78 is 60.6. The highest BCUT2D eigenvalue weighted by Gasteiger charge is 2.39. The average molecular weight is 380 g/mol. The lowest BCUT2D eigenvalue weighted by molar-refractivity contribution is -0.138. The Morgan fingerprint density at radius 2 is 2.11 bits per heavy atom. The molecule has 1 atom stereocenters. The third-order valence-electron chi connectivity index (χ3n) is 4.58. The Balaban J connectivity index is 1.97. The first-order chi connectivity index (χ1) is 12.9. The number of fused-ring (bicyclic) bond motifs is 1. The molecular weight excluding hydrogens is 364 g/mol. The first-order valence-corrected chi connectivity index (χ1v) is 8.45. The summed E-state index contributed by atoms with van der Waals surface area (Å²) in [5.74, 6) is -1.40. The molecule has 2 aromatic heterocycles. The van der Waals surface area contributed by atoms with Crippen molar-refractivity contribution in [2.45, 2.75) is 19.1 Å². The van der Waals surface area contributed by atoms with Crippen molar-refractivity contribution in [1.82, 2.24) is 15.3 Å². The number of aromatic nitrogens is 2. The number of rotatable bonds is 2. The monoisotopic (exact) mass is 380 g/mol. The normalized spacial score (nSPS) is 18.3. The summed E-state index contributed by atoms with van der Waals surface area (Å²) in [7, 11) is 0. The summed E-state index contributed by atoms with van der Waals surface area (Å²) in [4.78, 5) is 9.93. The van der Waals surface area contributed by atoms with Crippen LogP contribution in [0.15, 0.2) is 34.9 Å². The second kappa shape index (κ2) is 6.49. The zero-order chi connectivity index (χ0) is 19.2. The molecule has 1 N–H and O–H groups in total. The number of piperazine rings is 1. The van der Waals surface area contributed by atoms with Crippen molar-refractivity contribution in [3.05, 3.63) is 41.8 Å². The van der Waals surface area contributed by atoms with Crippen LogP contribution in [0, 0.1) is 5.82 Å². The molecular formula is C18H16F4N4O. The van der Waals surface area contributed by atoms with Crippen molar-refractivity contribution in [2.24, 2.45) is 0 Å². The summed E-state index contributed by atoms with van der Waals surface area (Å²) in [5, 5.41) is 3.19. The van der Waals surface area contributed by atoms with Crippen molar-refractivity contribution in [1.29, 1.82) is 0 Å². The topological polar surface area (TPSA) is 54.2 Å². The van der Waals surface area contributed by atoms with Gasteiger partial charge in [-0.15, -0.1) is 0 Å². The van der Waals surface area contributed by atoms with Gasteiger partial charge in [0.15, 0.2) is 5.58 Å². The quantitative estimate of drug-likeness (QED) is 0.685. The van der Waals surface area contributed by atoms with Crippen LogP contribution in [0.25, 0.3) is 22.4 Å². The van der Waals surface area contributed by atoms with Gasteiger partial charge >= 0.3 is 6.18 Å². The van der Waals surface area contributed by atoms with Crippen molar-refractivity contribution >= 4 is 17.1 Å². The molecule has 0 amide bonds. The van der Waals surface area contributed by atoms with Crippen molar-refractivity contribution in [2.75, 3.05) is 24.5 Å². The van der Waals surface area contributed by atoms with Gasteiger partial charge in [0.2, 0.25) is 0 Å². The van der Waals surface area contributed by atoms with Crippen LogP contribution >= 0.6 is 0 Å². The zero-order valence-electron chi connectivity index (χ0n) is 14.3. The Morgan fingerprint density at radius 3 is 2.78 bits per heavy atom. The number of benzene rings is 1. The Kier molecular flexibility index (Phi) is 4.26. The molecule has 4 rings (SSSR count). The van der Waals surface area contributed by atoms with Crippen molar-refractivity contribution in [3.63, 3.8) is 0 Å². The van der Waals surface area contributed by atoms with Gasteiger partial charge in [-0.2, -0.15) is 18.2 Å². The molecule has 0 saturated carbocycles. The fraction of sp³-hybridized carbons (Fsp3) is 0.333. The predicted molar refractivity (Wildman–Crippen MR) is 91.9 cm³/mol. The molecule has 9 heteroatoms. The summed E-state index contributed by atoms with van der Waals surface area (Å²) in [5.41, 5.74) is -1.63. The maximum atomic E-state index is 14.4. The number of alkyl halides is 3. The minimum Gasteiger partial charge on any atom is -0.423 e. The van der Waals surface area contributed by atoms with Crippen LogP contribution in [0.2, 0.25) is 0 Å². The van der Waals surface area contributed by atoms with E-state index in [-0.39, 0.29) is 23.2 Å². The summed E-state index contributed by atoms with van der Waals surface area (Å²) in [6.45, 7) is 3.73. The Bertz CT molecular complexity index is 971. The highest BCUT2D eigenvalue weighted by Crippen LogP contribution is 2.41. The van der Waals surface area contributed by atoms with E-state index in [0.29, 0.717) is 25.3 Å². The molecule has 3 aromatic rings. The van der Waals surface area contributed by atoms with Crippen molar-refractivity contribution < 1.29 is 22.0 Å². The maximum Gasteiger partial charge on any atom is 0.421 e. The Hall–Kier alpha value is -2.68. The third-order valence-corrected chi connectivity index (χ3v) is 4.58. The van der Waals surface area contributed by atoms with E-state index in [9.17, 15) is 17.6 Å². The fourth-order valence-corrected chi connectivity index (χ4v) is 3.27. The molecule has 142 valence electrons. The Morgan fingerprint density at radius 1 is 1.30 bits per heavy atom. The highest BCUT2D eigenvalue weighted by molar-refractivity contribution is 5.92. The van der Waals surface area contributed by atoms with Crippen molar-refractivity contribution in [3.8, 4) is 11.3 Å². The molecule has 1 aliphatic heterocycles. The zero-order valence-corrected chi connectivity index (χ0v) is 14.3. The summed E-state index contributed by atoms with van der Waals surface area (Å²) in [6.07, 6.45) is -3.42. The van der Waals surface area contributed by atoms with Crippen LogP contribution in [0.4, 0.5) is 23.6 Å². The summed E-state index contributed by atoms with van der Waals surface area (Å²) in [6, 6.07) is 5.74. The van der Waals surface area contributed by atoms with Crippen LogP contribution in [0.1, 0.15) is 12.5 Å². The lowest BCUT2D eigenvalue weighted by atomic mass is 10.0. The molecule has 1 aliphatic rings. The number of oxazole rings is 1. The van der Waals surface area contributed by atoms with Crippen LogP contribution in [-0.2, 0) is 6.18 Å². The van der Waals surface area contributed by atoms with E-state index in [1.54, 1.807) is 23.1 Å². The minimum atomic E-state index is -4.89. The number of pyridine rings is 1. The molecule has 1 aromatic carbocycles. The number of anilines is 1. The van der Waals surface area contributed by atoms with Gasteiger partial charge < -0.3 is 14.6 Å². The van der Waals surface area contributed by atoms with Gasteiger partial charge in [0.1, 0.15) is 16.9 Å². The van der Waals surface area contributed by atoms with Gasteiger partial charge in [-0.3, -0.25) is 4.98 Å². The van der Waals surface area contributed by atoms with Gasteiger partial charge in [0.25, 0.3) is 6.01 Å². The van der Waals surface area contributed by atoms with Gasteiger partial charge in [-0.05, 0) is 25.1 Å². The second-order valence-corrected chi connectivity index (χ2v) is 6.41. The molecule has 0 bridgehead atoms. The smallest absolute Gasteiger partial charge is 0.421 e. The number of nitrogens with zero attached hydrogens (tertiary/aromatic N) is 3. The van der Waals surface area contributed by atoms with Crippen LogP contribution in [0.3, 0.4) is 0 Å². The summed E-state index contributed by atoms with van der Waals surface area (Å²) >= 11 is 0. The van der Waals surface area contributed by atoms with Gasteiger partial charge in [0, 0.05) is 37.4 Å². The lowest BCUT2D eigenvalue weighted by Crippen LogP contribution is -2.50. The highest BCUT2D eigenvalue weighted by atomic mass is 19.4.